The van der Waals surface area contributed by atoms with Crippen molar-refractivity contribution in [1.29, 1.82) is 0 Å². The van der Waals surface area contributed by atoms with E-state index in [1.165, 1.54) is 10.5 Å². The van der Waals surface area contributed by atoms with Crippen LogP contribution in [0.25, 0.3) is 0 Å². The van der Waals surface area contributed by atoms with Gasteiger partial charge in [0.05, 0.1) is 5.56 Å². The molecule has 0 spiro atoms. The van der Waals surface area contributed by atoms with Crippen molar-refractivity contribution in [2.45, 2.75) is 49.2 Å². The van der Waals surface area contributed by atoms with Gasteiger partial charge in [0.15, 0.2) is 0 Å². The lowest BCUT2D eigenvalue weighted by molar-refractivity contribution is 0.0697. The van der Waals surface area contributed by atoms with E-state index in [1.807, 2.05) is 11.8 Å². The van der Waals surface area contributed by atoms with Gasteiger partial charge in [-0.15, -0.1) is 11.8 Å². The van der Waals surface area contributed by atoms with Gasteiger partial charge in [0, 0.05) is 20.8 Å². The summed E-state index contributed by atoms with van der Waals surface area (Å²) in [5.74, 6) is 5.42. The van der Waals surface area contributed by atoms with Gasteiger partial charge in [-0.2, -0.15) is 0 Å². The van der Waals surface area contributed by atoms with Gasteiger partial charge in [-0.05, 0) is 59.9 Å². The molecule has 0 atom stereocenters. The van der Waals surface area contributed by atoms with Crippen molar-refractivity contribution in [3.05, 3.63) is 64.7 Å². The Balaban J connectivity index is 1.90. The molecule has 1 N–H and O–H groups in total. The highest BCUT2D eigenvalue weighted by atomic mass is 32.2. The summed E-state index contributed by atoms with van der Waals surface area (Å²) in [5, 5.41) is 8.94. The zero-order valence-electron chi connectivity index (χ0n) is 15.0. The molecule has 0 saturated carbocycles. The third kappa shape index (κ3) is 3.91. The largest absolute Gasteiger partial charge is 0.478 e. The Labute approximate surface area is 153 Å². The molecule has 1 aliphatic heterocycles. The van der Waals surface area contributed by atoms with Crippen LogP contribution in [0.3, 0.4) is 0 Å². The van der Waals surface area contributed by atoms with Crippen LogP contribution >= 0.6 is 11.8 Å². The van der Waals surface area contributed by atoms with E-state index in [2.05, 4.69) is 57.7 Å². The number of carboxylic acids is 1. The normalized spacial score (nSPS) is 17.1. The van der Waals surface area contributed by atoms with Crippen molar-refractivity contribution in [2.24, 2.45) is 0 Å². The topological polar surface area (TPSA) is 37.3 Å². The highest BCUT2D eigenvalue weighted by Gasteiger charge is 2.37. The first kappa shape index (κ1) is 17.6. The Morgan fingerprint density at radius 1 is 1.00 bits per heavy atom. The molecular weight excluding hydrogens is 328 g/mol. The van der Waals surface area contributed by atoms with Gasteiger partial charge >= 0.3 is 5.97 Å². The van der Waals surface area contributed by atoms with Gasteiger partial charge < -0.3 is 5.11 Å². The van der Waals surface area contributed by atoms with Gasteiger partial charge in [-0.25, -0.2) is 4.79 Å². The molecule has 128 valence electrons. The molecule has 2 aromatic carbocycles. The van der Waals surface area contributed by atoms with Crippen molar-refractivity contribution in [3.8, 4) is 11.8 Å². The number of carboxylic acid groups (broad SMARTS) is 1. The quantitative estimate of drug-likeness (QED) is 0.706. The Kier molecular flexibility index (Phi) is 4.43. The number of benzene rings is 2. The summed E-state index contributed by atoms with van der Waals surface area (Å²) in [5.41, 5.74) is 3.59. The molecule has 0 saturated heterocycles. The van der Waals surface area contributed by atoms with E-state index in [1.54, 1.807) is 24.3 Å². The Hall–Kier alpha value is -2.18. The lowest BCUT2D eigenvalue weighted by Gasteiger charge is -2.41. The second-order valence-corrected chi connectivity index (χ2v) is 9.51. The third-order valence-corrected chi connectivity index (χ3v) is 5.72. The summed E-state index contributed by atoms with van der Waals surface area (Å²) >= 11 is 1.94. The molecule has 3 rings (SSSR count). The average Bonchev–Trinajstić information content (AvgIpc) is 2.52. The van der Waals surface area contributed by atoms with E-state index < -0.39 is 5.97 Å². The molecule has 0 amide bonds. The van der Waals surface area contributed by atoms with Crippen LogP contribution in [-0.2, 0) is 5.41 Å². The SMILES string of the molecule is CC1(C)CC(C)(C)c2cc(C#Cc3ccc(C(=O)O)cc3)ccc2S1. The second-order valence-electron chi connectivity index (χ2n) is 7.77. The monoisotopic (exact) mass is 350 g/mol. The summed E-state index contributed by atoms with van der Waals surface area (Å²) in [6.45, 7) is 9.21. The lowest BCUT2D eigenvalue weighted by Crippen LogP contribution is -2.33. The zero-order valence-corrected chi connectivity index (χ0v) is 15.8. The summed E-state index contributed by atoms with van der Waals surface area (Å²) in [6.07, 6.45) is 1.13. The highest BCUT2D eigenvalue weighted by molar-refractivity contribution is 8.00. The van der Waals surface area contributed by atoms with Crippen LogP contribution < -0.4 is 0 Å². The lowest BCUT2D eigenvalue weighted by atomic mass is 9.76. The summed E-state index contributed by atoms with van der Waals surface area (Å²) in [6, 6.07) is 13.1. The zero-order chi connectivity index (χ0) is 18.2. The molecule has 1 heterocycles. The number of carbonyl (C=O) groups is 1. The first-order valence-electron chi connectivity index (χ1n) is 8.35. The maximum Gasteiger partial charge on any atom is 0.335 e. The number of hydrogen-bond donors (Lipinski definition) is 1. The fourth-order valence-corrected chi connectivity index (χ4v) is 5.17. The van der Waals surface area contributed by atoms with Crippen molar-refractivity contribution < 1.29 is 9.90 Å². The second kappa shape index (κ2) is 6.28. The maximum absolute atomic E-state index is 10.9. The van der Waals surface area contributed by atoms with Crippen LogP contribution in [-0.4, -0.2) is 15.8 Å². The molecule has 0 fully saturated rings. The summed E-state index contributed by atoms with van der Waals surface area (Å²) in [4.78, 5) is 12.2. The molecule has 2 aromatic rings. The van der Waals surface area contributed by atoms with Gasteiger partial charge in [0.25, 0.3) is 0 Å². The molecule has 25 heavy (non-hydrogen) atoms. The molecule has 0 bridgehead atoms. The van der Waals surface area contributed by atoms with Crippen LogP contribution in [0.2, 0.25) is 0 Å². The van der Waals surface area contributed by atoms with Gasteiger partial charge in [0.2, 0.25) is 0 Å². The standard InChI is InChI=1S/C22H22O2S/c1-21(2)14-22(3,4)25-19-12-9-16(13-18(19)21)6-5-15-7-10-17(11-8-15)20(23)24/h7-13H,14H2,1-4H3,(H,23,24). The number of hydrogen-bond acceptors (Lipinski definition) is 2. The molecule has 3 heteroatoms. The fraction of sp³-hybridized carbons (Fsp3) is 0.318. The molecule has 0 aliphatic carbocycles. The van der Waals surface area contributed by atoms with Crippen molar-refractivity contribution >= 4 is 17.7 Å². The van der Waals surface area contributed by atoms with Crippen LogP contribution in [0.4, 0.5) is 0 Å². The van der Waals surface area contributed by atoms with Crippen LogP contribution in [0.1, 0.15) is 61.2 Å². The van der Waals surface area contributed by atoms with Crippen molar-refractivity contribution in [2.75, 3.05) is 0 Å². The first-order chi connectivity index (χ1) is 11.7. The van der Waals surface area contributed by atoms with Crippen LogP contribution in [0, 0.1) is 11.8 Å². The molecular formula is C22H22O2S. The average molecular weight is 350 g/mol. The number of fused-ring (bicyclic) bond motifs is 1. The fourth-order valence-electron chi connectivity index (χ4n) is 3.56. The van der Waals surface area contributed by atoms with Gasteiger partial charge in [-0.1, -0.05) is 39.5 Å². The van der Waals surface area contributed by atoms with Crippen molar-refractivity contribution in [3.63, 3.8) is 0 Å². The Bertz CT molecular complexity index is 880. The Morgan fingerprint density at radius 2 is 1.60 bits per heavy atom. The molecule has 0 unspecified atom stereocenters. The molecule has 0 radical (unpaired) electrons. The number of aromatic carboxylic acids is 1. The summed E-state index contributed by atoms with van der Waals surface area (Å²) in [7, 11) is 0. The Morgan fingerprint density at radius 3 is 2.24 bits per heavy atom. The van der Waals surface area contributed by atoms with E-state index in [9.17, 15) is 4.79 Å². The first-order valence-corrected chi connectivity index (χ1v) is 9.17. The van der Waals surface area contributed by atoms with E-state index in [0.29, 0.717) is 0 Å². The van der Waals surface area contributed by atoms with Gasteiger partial charge in [-0.3, -0.25) is 0 Å². The highest BCUT2D eigenvalue weighted by Crippen LogP contribution is 2.50. The summed E-state index contributed by atoms with van der Waals surface area (Å²) < 4.78 is 0.246. The maximum atomic E-state index is 10.9. The minimum atomic E-state index is -0.920. The van der Waals surface area contributed by atoms with Crippen LogP contribution in [0.15, 0.2) is 47.4 Å². The smallest absolute Gasteiger partial charge is 0.335 e. The molecule has 0 aromatic heterocycles. The molecule has 1 aliphatic rings. The minimum Gasteiger partial charge on any atom is -0.478 e. The number of rotatable bonds is 1. The third-order valence-electron chi connectivity index (χ3n) is 4.45. The van der Waals surface area contributed by atoms with E-state index in [-0.39, 0.29) is 15.7 Å². The van der Waals surface area contributed by atoms with E-state index >= 15 is 0 Å². The predicted molar refractivity (Wildman–Crippen MR) is 103 cm³/mol. The predicted octanol–water partition coefficient (Wildman–Crippen LogP) is 5.34. The van der Waals surface area contributed by atoms with E-state index in [4.69, 9.17) is 5.11 Å². The van der Waals surface area contributed by atoms with E-state index in [0.717, 1.165) is 17.5 Å². The van der Waals surface area contributed by atoms with Crippen LogP contribution in [0.5, 0.6) is 0 Å². The van der Waals surface area contributed by atoms with Gasteiger partial charge in [0.1, 0.15) is 0 Å². The number of thioether (sulfide) groups is 1. The molecule has 2 nitrogen and oxygen atoms in total. The van der Waals surface area contributed by atoms with Crippen molar-refractivity contribution in [1.82, 2.24) is 0 Å². The minimum absolute atomic E-state index is 0.130.